The summed E-state index contributed by atoms with van der Waals surface area (Å²) in [6.07, 6.45) is -1.00. The van der Waals surface area contributed by atoms with E-state index in [4.69, 9.17) is 9.05 Å². The van der Waals surface area contributed by atoms with Gasteiger partial charge in [-0.15, -0.1) is 0 Å². The minimum atomic E-state index is -4.54. The third-order valence-electron chi connectivity index (χ3n) is 6.56. The van der Waals surface area contributed by atoms with Gasteiger partial charge in [0.15, 0.2) is 5.69 Å². The highest BCUT2D eigenvalue weighted by Crippen LogP contribution is 2.40. The first-order valence-corrected chi connectivity index (χ1v) is 10.8. The van der Waals surface area contributed by atoms with Crippen molar-refractivity contribution in [3.63, 3.8) is 0 Å². The van der Waals surface area contributed by atoms with Gasteiger partial charge in [-0.2, -0.15) is 13.2 Å². The summed E-state index contributed by atoms with van der Waals surface area (Å²) in [6.45, 7) is 4.43. The fraction of sp³-hybridized carbons (Fsp3) is 0.545. The molecule has 1 saturated heterocycles. The molecule has 7 nitrogen and oxygen atoms in total. The molecule has 5 rings (SSSR count). The van der Waals surface area contributed by atoms with Crippen molar-refractivity contribution in [3.8, 4) is 0 Å². The summed E-state index contributed by atoms with van der Waals surface area (Å²) >= 11 is 0. The van der Waals surface area contributed by atoms with Gasteiger partial charge in [-0.05, 0) is 44.6 Å². The SMILES string of the molecule is Cc1cc(C(F)(F)F)c2c(C3CCN(C(=O)c4noc5c4C[C@@H](C)CC5)CC3)noc2n1. The maximum atomic E-state index is 13.6. The lowest BCUT2D eigenvalue weighted by Gasteiger charge is -2.31. The summed E-state index contributed by atoms with van der Waals surface area (Å²) in [4.78, 5) is 18.9. The van der Waals surface area contributed by atoms with E-state index in [1.807, 2.05) is 0 Å². The van der Waals surface area contributed by atoms with E-state index in [1.54, 1.807) is 4.90 Å². The van der Waals surface area contributed by atoms with E-state index in [-0.39, 0.29) is 34.3 Å². The summed E-state index contributed by atoms with van der Waals surface area (Å²) in [5.41, 5.74) is 0.871. The Hall–Kier alpha value is -2.91. The van der Waals surface area contributed by atoms with Crippen LogP contribution in [0.3, 0.4) is 0 Å². The third kappa shape index (κ3) is 3.55. The number of aromatic nitrogens is 3. The zero-order valence-corrected chi connectivity index (χ0v) is 17.8. The summed E-state index contributed by atoms with van der Waals surface area (Å²) in [5.74, 6) is 0.829. The molecule has 1 amide bonds. The molecule has 2 aliphatic rings. The Morgan fingerprint density at radius 3 is 2.62 bits per heavy atom. The van der Waals surface area contributed by atoms with E-state index in [0.717, 1.165) is 36.7 Å². The van der Waals surface area contributed by atoms with Crippen LogP contribution >= 0.6 is 0 Å². The molecule has 0 aromatic carbocycles. The lowest BCUT2D eigenvalue weighted by Crippen LogP contribution is -2.38. The first kappa shape index (κ1) is 21.0. The van der Waals surface area contributed by atoms with Gasteiger partial charge < -0.3 is 13.9 Å². The van der Waals surface area contributed by atoms with Crippen molar-refractivity contribution in [2.24, 2.45) is 5.92 Å². The number of piperidine rings is 1. The van der Waals surface area contributed by atoms with Gasteiger partial charge in [-0.25, -0.2) is 4.98 Å². The highest BCUT2D eigenvalue weighted by atomic mass is 19.4. The Kier molecular flexibility index (Phi) is 4.98. The molecule has 0 spiro atoms. The quantitative estimate of drug-likeness (QED) is 0.566. The van der Waals surface area contributed by atoms with Crippen molar-refractivity contribution in [1.29, 1.82) is 0 Å². The second-order valence-corrected chi connectivity index (χ2v) is 8.90. The van der Waals surface area contributed by atoms with Gasteiger partial charge in [-0.3, -0.25) is 4.79 Å². The van der Waals surface area contributed by atoms with Crippen molar-refractivity contribution >= 4 is 17.0 Å². The number of hydrogen-bond donors (Lipinski definition) is 0. The number of aryl methyl sites for hydroxylation is 2. The van der Waals surface area contributed by atoms with Crippen LogP contribution in [0.1, 0.15) is 70.9 Å². The van der Waals surface area contributed by atoms with Crippen LogP contribution in [0, 0.1) is 12.8 Å². The van der Waals surface area contributed by atoms with Gasteiger partial charge in [0.25, 0.3) is 11.6 Å². The number of alkyl halides is 3. The van der Waals surface area contributed by atoms with Crippen LogP contribution < -0.4 is 0 Å². The van der Waals surface area contributed by atoms with Crippen molar-refractivity contribution in [2.45, 2.75) is 58.0 Å². The highest BCUT2D eigenvalue weighted by molar-refractivity contribution is 5.94. The number of pyridine rings is 1. The van der Waals surface area contributed by atoms with E-state index in [9.17, 15) is 18.0 Å². The predicted molar refractivity (Wildman–Crippen MR) is 107 cm³/mol. The average Bonchev–Trinajstić information content (AvgIpc) is 3.36. The van der Waals surface area contributed by atoms with Crippen molar-refractivity contribution in [1.82, 2.24) is 20.2 Å². The zero-order valence-electron chi connectivity index (χ0n) is 17.8. The van der Waals surface area contributed by atoms with E-state index in [1.165, 1.54) is 6.92 Å². The van der Waals surface area contributed by atoms with Gasteiger partial charge in [0.1, 0.15) is 5.76 Å². The number of fused-ring (bicyclic) bond motifs is 2. The lowest BCUT2D eigenvalue weighted by atomic mass is 9.87. The Balaban J connectivity index is 1.36. The molecule has 0 unspecified atom stereocenters. The Labute approximate surface area is 181 Å². The number of likely N-dealkylation sites (tertiary alicyclic amines) is 1. The fourth-order valence-corrected chi connectivity index (χ4v) is 4.85. The van der Waals surface area contributed by atoms with Crippen LogP contribution in [-0.2, 0) is 19.0 Å². The Morgan fingerprint density at radius 2 is 1.91 bits per heavy atom. The third-order valence-corrected chi connectivity index (χ3v) is 6.56. The minimum Gasteiger partial charge on any atom is -0.360 e. The lowest BCUT2D eigenvalue weighted by molar-refractivity contribution is -0.136. The molecule has 170 valence electrons. The van der Waals surface area contributed by atoms with Gasteiger partial charge >= 0.3 is 6.18 Å². The first-order chi connectivity index (χ1) is 15.2. The normalized spacial score (nSPS) is 20.0. The van der Waals surface area contributed by atoms with Gasteiger partial charge in [-0.1, -0.05) is 17.2 Å². The molecule has 10 heteroatoms. The predicted octanol–water partition coefficient (Wildman–Crippen LogP) is 4.68. The van der Waals surface area contributed by atoms with Gasteiger partial charge in [0.05, 0.1) is 16.6 Å². The van der Waals surface area contributed by atoms with Gasteiger partial charge in [0.2, 0.25) is 0 Å². The monoisotopic (exact) mass is 448 g/mol. The van der Waals surface area contributed by atoms with Crippen LogP contribution in [0.4, 0.5) is 13.2 Å². The van der Waals surface area contributed by atoms with Gasteiger partial charge in [0, 0.05) is 36.7 Å². The summed E-state index contributed by atoms with van der Waals surface area (Å²) in [5, 5.41) is 7.91. The molecule has 32 heavy (non-hydrogen) atoms. The molecule has 1 aliphatic heterocycles. The second kappa shape index (κ2) is 7.60. The number of nitrogens with zero attached hydrogens (tertiary/aromatic N) is 4. The number of carbonyl (C=O) groups excluding carboxylic acids is 1. The molecule has 4 heterocycles. The molecule has 0 radical (unpaired) electrons. The molecule has 0 saturated carbocycles. The molecule has 1 aliphatic carbocycles. The number of carbonyl (C=O) groups is 1. The maximum absolute atomic E-state index is 13.6. The van der Waals surface area contributed by atoms with E-state index < -0.39 is 11.7 Å². The summed E-state index contributed by atoms with van der Waals surface area (Å²) in [6, 6.07) is 1.02. The average molecular weight is 448 g/mol. The highest BCUT2D eigenvalue weighted by Gasteiger charge is 2.38. The van der Waals surface area contributed by atoms with Crippen LogP contribution in [0.25, 0.3) is 11.1 Å². The number of rotatable bonds is 2. The fourth-order valence-electron chi connectivity index (χ4n) is 4.85. The van der Waals surface area contributed by atoms with E-state index in [0.29, 0.717) is 37.5 Å². The van der Waals surface area contributed by atoms with Crippen LogP contribution in [-0.4, -0.2) is 39.2 Å². The molecule has 0 bridgehead atoms. The standard InChI is InChI=1S/C22H23F3N4O3/c1-11-3-4-16-14(9-11)19(28-31-16)21(30)29-7-5-13(6-8-29)18-17-15(22(23,24)25)10-12(2)26-20(17)32-27-18/h10-11,13H,3-9H2,1-2H3/t11-/m0/s1. The Morgan fingerprint density at radius 1 is 1.16 bits per heavy atom. The number of halogens is 3. The molecule has 3 aromatic heterocycles. The zero-order chi connectivity index (χ0) is 22.6. The maximum Gasteiger partial charge on any atom is 0.417 e. The molecular formula is C22H23F3N4O3. The van der Waals surface area contributed by atoms with Crippen LogP contribution in [0.5, 0.6) is 0 Å². The van der Waals surface area contributed by atoms with Crippen molar-refractivity contribution in [3.05, 3.63) is 40.0 Å². The summed E-state index contributed by atoms with van der Waals surface area (Å²) in [7, 11) is 0. The van der Waals surface area contributed by atoms with E-state index >= 15 is 0 Å². The molecular weight excluding hydrogens is 425 g/mol. The topological polar surface area (TPSA) is 85.3 Å². The van der Waals surface area contributed by atoms with Crippen LogP contribution in [0.2, 0.25) is 0 Å². The minimum absolute atomic E-state index is 0.0764. The van der Waals surface area contributed by atoms with E-state index in [2.05, 4.69) is 22.2 Å². The largest absolute Gasteiger partial charge is 0.417 e. The second-order valence-electron chi connectivity index (χ2n) is 8.90. The summed E-state index contributed by atoms with van der Waals surface area (Å²) < 4.78 is 51.5. The molecule has 0 N–H and O–H groups in total. The van der Waals surface area contributed by atoms with Crippen molar-refractivity contribution < 1.29 is 27.0 Å². The smallest absolute Gasteiger partial charge is 0.360 e. The van der Waals surface area contributed by atoms with Crippen molar-refractivity contribution in [2.75, 3.05) is 13.1 Å². The van der Waals surface area contributed by atoms with Crippen LogP contribution in [0.15, 0.2) is 15.1 Å². The number of amides is 1. The Bertz CT molecular complexity index is 1180. The molecule has 3 aromatic rings. The first-order valence-electron chi connectivity index (χ1n) is 10.8. The molecule has 1 atom stereocenters. The molecule has 1 fully saturated rings. The number of hydrogen-bond acceptors (Lipinski definition) is 6.